The van der Waals surface area contributed by atoms with Crippen molar-refractivity contribution in [1.82, 2.24) is 4.90 Å². The van der Waals surface area contributed by atoms with Crippen LogP contribution in [0.5, 0.6) is 0 Å². The second-order valence-corrected chi connectivity index (χ2v) is 4.57. The molecule has 0 aromatic heterocycles. The van der Waals surface area contributed by atoms with Crippen molar-refractivity contribution in [2.45, 2.75) is 25.3 Å². The summed E-state index contributed by atoms with van der Waals surface area (Å²) in [4.78, 5) is 12.4. The van der Waals surface area contributed by atoms with Crippen molar-refractivity contribution in [1.29, 1.82) is 0 Å². The van der Waals surface area contributed by atoms with Gasteiger partial charge in [0.05, 0.1) is 11.0 Å². The third-order valence-electron chi connectivity index (χ3n) is 3.23. The lowest BCUT2D eigenvalue weighted by molar-refractivity contribution is -0.384. The van der Waals surface area contributed by atoms with Crippen LogP contribution in [0.2, 0.25) is 0 Å². The normalized spacial score (nSPS) is 19.9. The Kier molecular flexibility index (Phi) is 3.96. The van der Waals surface area contributed by atoms with Crippen molar-refractivity contribution in [2.24, 2.45) is 0 Å². The van der Waals surface area contributed by atoms with Gasteiger partial charge in [-0.3, -0.25) is 15.0 Å². The topological polar surface area (TPSA) is 46.4 Å². The van der Waals surface area contributed by atoms with Gasteiger partial charge in [-0.2, -0.15) is 0 Å². The number of nitro groups is 1. The Morgan fingerprint density at radius 1 is 1.33 bits per heavy atom. The van der Waals surface area contributed by atoms with Gasteiger partial charge in [-0.25, -0.2) is 0 Å². The summed E-state index contributed by atoms with van der Waals surface area (Å²) < 4.78 is 0. The molecule has 1 aliphatic heterocycles. The highest BCUT2D eigenvalue weighted by atomic mass is 16.6. The van der Waals surface area contributed by atoms with E-state index in [1.807, 2.05) is 0 Å². The predicted molar refractivity (Wildman–Crippen MR) is 70.2 cm³/mol. The molecule has 0 radical (unpaired) electrons. The fraction of sp³-hybridized carbons (Fsp3) is 0.429. The molecule has 1 saturated heterocycles. The molecule has 1 aromatic rings. The first kappa shape index (κ1) is 12.6. The molecule has 0 bridgehead atoms. The molecule has 0 unspecified atom stereocenters. The van der Waals surface area contributed by atoms with E-state index in [1.54, 1.807) is 12.1 Å². The van der Waals surface area contributed by atoms with E-state index in [-0.39, 0.29) is 5.69 Å². The number of nitro benzene ring substituents is 1. The molecule has 4 nitrogen and oxygen atoms in total. The number of non-ortho nitro benzene ring substituents is 1. The minimum Gasteiger partial charge on any atom is -0.293 e. The lowest BCUT2D eigenvalue weighted by Crippen LogP contribution is -2.34. The van der Waals surface area contributed by atoms with Crippen molar-refractivity contribution in [3.63, 3.8) is 0 Å². The van der Waals surface area contributed by atoms with Crippen molar-refractivity contribution in [3.05, 3.63) is 39.9 Å². The van der Waals surface area contributed by atoms with Crippen LogP contribution in [-0.2, 0) is 0 Å². The summed E-state index contributed by atoms with van der Waals surface area (Å²) in [5.41, 5.74) is 0.940. The standard InChI is InChI=1S/C14H16N2O2/c1-15-11-3-2-4-13(15)8-5-12-6-9-14(10-7-12)16(17)18/h6-7,9-10,13H,2-4,11H2,1H3/t13-/m1/s1. The predicted octanol–water partition coefficient (Wildman–Crippen LogP) is 2.43. The fourth-order valence-electron chi connectivity index (χ4n) is 2.09. The molecule has 1 aliphatic rings. The molecule has 0 spiro atoms. The molecule has 18 heavy (non-hydrogen) atoms. The van der Waals surface area contributed by atoms with Crippen molar-refractivity contribution < 1.29 is 4.92 Å². The van der Waals surface area contributed by atoms with Crippen LogP contribution in [0.1, 0.15) is 24.8 Å². The maximum absolute atomic E-state index is 10.5. The van der Waals surface area contributed by atoms with Gasteiger partial charge in [-0.1, -0.05) is 11.8 Å². The van der Waals surface area contributed by atoms with E-state index in [1.165, 1.54) is 25.0 Å². The first-order valence-electron chi connectivity index (χ1n) is 6.13. The molecule has 2 rings (SSSR count). The molecule has 0 amide bonds. The summed E-state index contributed by atoms with van der Waals surface area (Å²) in [6.45, 7) is 1.10. The molecular weight excluding hydrogens is 228 g/mol. The van der Waals surface area contributed by atoms with Gasteiger partial charge in [0.1, 0.15) is 0 Å². The number of hydrogen-bond donors (Lipinski definition) is 0. The van der Waals surface area contributed by atoms with Gasteiger partial charge in [0.15, 0.2) is 0 Å². The quantitative estimate of drug-likeness (QED) is 0.433. The average molecular weight is 244 g/mol. The van der Waals surface area contributed by atoms with Crippen LogP contribution in [0.3, 0.4) is 0 Å². The van der Waals surface area contributed by atoms with Gasteiger partial charge in [-0.05, 0) is 45.0 Å². The van der Waals surface area contributed by atoms with Gasteiger partial charge in [-0.15, -0.1) is 0 Å². The Morgan fingerprint density at radius 2 is 2.06 bits per heavy atom. The minimum atomic E-state index is -0.397. The molecule has 1 atom stereocenters. The maximum Gasteiger partial charge on any atom is 0.269 e. The van der Waals surface area contributed by atoms with E-state index in [4.69, 9.17) is 0 Å². The molecule has 1 fully saturated rings. The van der Waals surface area contributed by atoms with E-state index in [2.05, 4.69) is 23.8 Å². The summed E-state index contributed by atoms with van der Waals surface area (Å²) in [6.07, 6.45) is 3.58. The number of nitrogens with zero attached hydrogens (tertiary/aromatic N) is 2. The summed E-state index contributed by atoms with van der Waals surface area (Å²) in [5, 5.41) is 10.5. The van der Waals surface area contributed by atoms with E-state index >= 15 is 0 Å². The highest BCUT2D eigenvalue weighted by Gasteiger charge is 2.15. The summed E-state index contributed by atoms with van der Waals surface area (Å²) >= 11 is 0. The van der Waals surface area contributed by atoms with Gasteiger partial charge in [0.25, 0.3) is 5.69 Å². The van der Waals surface area contributed by atoms with E-state index in [9.17, 15) is 10.1 Å². The molecule has 1 aromatic carbocycles. The summed E-state index contributed by atoms with van der Waals surface area (Å²) in [5.74, 6) is 6.34. The molecule has 1 heterocycles. The highest BCUT2D eigenvalue weighted by Crippen LogP contribution is 2.15. The second kappa shape index (κ2) is 5.65. The van der Waals surface area contributed by atoms with E-state index in [0.717, 1.165) is 18.5 Å². The van der Waals surface area contributed by atoms with Gasteiger partial charge >= 0.3 is 0 Å². The van der Waals surface area contributed by atoms with Gasteiger partial charge in [0.2, 0.25) is 0 Å². The summed E-state index contributed by atoms with van der Waals surface area (Å²) in [7, 11) is 2.09. The minimum absolute atomic E-state index is 0.107. The zero-order valence-electron chi connectivity index (χ0n) is 10.4. The first-order chi connectivity index (χ1) is 8.66. The number of piperidine rings is 1. The molecular formula is C14H16N2O2. The molecule has 0 N–H and O–H groups in total. The maximum atomic E-state index is 10.5. The highest BCUT2D eigenvalue weighted by molar-refractivity contribution is 5.41. The van der Waals surface area contributed by atoms with Crippen molar-refractivity contribution in [2.75, 3.05) is 13.6 Å². The lowest BCUT2D eigenvalue weighted by Gasteiger charge is -2.28. The van der Waals surface area contributed by atoms with Gasteiger partial charge < -0.3 is 0 Å². The average Bonchev–Trinajstić information content (AvgIpc) is 2.38. The Balaban J connectivity index is 2.07. The Bertz CT molecular complexity index is 485. The van der Waals surface area contributed by atoms with Gasteiger partial charge in [0, 0.05) is 17.7 Å². The zero-order valence-corrected chi connectivity index (χ0v) is 10.4. The Labute approximate surface area is 107 Å². The largest absolute Gasteiger partial charge is 0.293 e. The first-order valence-corrected chi connectivity index (χ1v) is 6.13. The van der Waals surface area contributed by atoms with Crippen LogP contribution >= 0.6 is 0 Å². The van der Waals surface area contributed by atoms with Crippen molar-refractivity contribution in [3.8, 4) is 11.8 Å². The van der Waals surface area contributed by atoms with Crippen LogP contribution in [0.4, 0.5) is 5.69 Å². The molecule has 0 aliphatic carbocycles. The number of hydrogen-bond acceptors (Lipinski definition) is 3. The van der Waals surface area contributed by atoms with E-state index in [0.29, 0.717) is 6.04 Å². The van der Waals surface area contributed by atoms with Crippen LogP contribution in [0.15, 0.2) is 24.3 Å². The molecule has 4 heteroatoms. The smallest absolute Gasteiger partial charge is 0.269 e. The Morgan fingerprint density at radius 3 is 2.67 bits per heavy atom. The Hall–Kier alpha value is -1.86. The zero-order chi connectivity index (χ0) is 13.0. The second-order valence-electron chi connectivity index (χ2n) is 4.57. The lowest BCUT2D eigenvalue weighted by atomic mass is 10.0. The SMILES string of the molecule is CN1CCCC[C@@H]1C#Cc1ccc([N+](=O)[O-])cc1. The van der Waals surface area contributed by atoms with Crippen molar-refractivity contribution >= 4 is 5.69 Å². The summed E-state index contributed by atoms with van der Waals surface area (Å²) in [6, 6.07) is 6.71. The van der Waals surface area contributed by atoms with Crippen LogP contribution in [-0.4, -0.2) is 29.5 Å². The number of benzene rings is 1. The third-order valence-corrected chi connectivity index (χ3v) is 3.23. The third kappa shape index (κ3) is 3.08. The number of likely N-dealkylation sites (tertiary alicyclic amines) is 1. The molecule has 94 valence electrons. The fourth-order valence-corrected chi connectivity index (χ4v) is 2.09. The van der Waals surface area contributed by atoms with Crippen LogP contribution in [0, 0.1) is 22.0 Å². The monoisotopic (exact) mass is 244 g/mol. The molecule has 0 saturated carbocycles. The van der Waals surface area contributed by atoms with Crippen LogP contribution in [0.25, 0.3) is 0 Å². The van der Waals surface area contributed by atoms with E-state index < -0.39 is 4.92 Å². The van der Waals surface area contributed by atoms with Crippen LogP contribution < -0.4 is 0 Å². The number of rotatable bonds is 1.